The van der Waals surface area contributed by atoms with Crippen molar-refractivity contribution >= 4 is 23.5 Å². The van der Waals surface area contributed by atoms with Crippen molar-refractivity contribution in [2.75, 3.05) is 18.4 Å². The van der Waals surface area contributed by atoms with Gasteiger partial charge in [-0.15, -0.1) is 0 Å². The molecular weight excluding hydrogens is 352 g/mol. The Balaban J connectivity index is 1.65. The summed E-state index contributed by atoms with van der Waals surface area (Å²) in [6, 6.07) is 7.64. The van der Waals surface area contributed by atoms with Crippen LogP contribution in [0.4, 0.5) is 5.69 Å². The van der Waals surface area contributed by atoms with E-state index in [9.17, 15) is 14.4 Å². The molecule has 8 heteroatoms. The molecule has 2 amide bonds. The molecule has 1 aliphatic rings. The van der Waals surface area contributed by atoms with E-state index in [1.54, 1.807) is 29.2 Å². The normalized spacial score (nSPS) is 19.6. The standard InChI is InChI=1S/C19H20N2O6/c1-11-8-21(9-12(2)27-11)18(23)13-3-5-15(6-4-13)20-17(22)16-7-14(10-26-16)19(24)25/h3-7,10-12H,8-9H2,1-2H3,(H,20,22)(H,24,25). The van der Waals surface area contributed by atoms with Crippen molar-refractivity contribution in [2.24, 2.45) is 0 Å². The summed E-state index contributed by atoms with van der Waals surface area (Å²) in [6.45, 7) is 4.93. The van der Waals surface area contributed by atoms with E-state index in [0.29, 0.717) is 24.3 Å². The molecule has 2 N–H and O–H groups in total. The van der Waals surface area contributed by atoms with Gasteiger partial charge in [-0.3, -0.25) is 9.59 Å². The lowest BCUT2D eigenvalue weighted by Gasteiger charge is -2.35. The molecule has 2 atom stereocenters. The van der Waals surface area contributed by atoms with Crippen molar-refractivity contribution < 1.29 is 28.6 Å². The maximum Gasteiger partial charge on any atom is 0.338 e. The molecule has 1 aromatic carbocycles. The smallest absolute Gasteiger partial charge is 0.338 e. The van der Waals surface area contributed by atoms with Crippen LogP contribution in [0.3, 0.4) is 0 Å². The van der Waals surface area contributed by atoms with Gasteiger partial charge in [-0.1, -0.05) is 0 Å². The van der Waals surface area contributed by atoms with E-state index in [0.717, 1.165) is 12.3 Å². The van der Waals surface area contributed by atoms with Gasteiger partial charge in [-0.25, -0.2) is 4.79 Å². The molecule has 142 valence electrons. The highest BCUT2D eigenvalue weighted by molar-refractivity contribution is 6.04. The largest absolute Gasteiger partial charge is 0.478 e. The second kappa shape index (κ2) is 7.63. The van der Waals surface area contributed by atoms with Crippen molar-refractivity contribution in [1.29, 1.82) is 0 Å². The number of hydrogen-bond donors (Lipinski definition) is 2. The zero-order valence-corrected chi connectivity index (χ0v) is 15.0. The Morgan fingerprint density at radius 2 is 1.70 bits per heavy atom. The summed E-state index contributed by atoms with van der Waals surface area (Å²) in [5, 5.41) is 11.5. The number of furan rings is 1. The van der Waals surface area contributed by atoms with Crippen molar-refractivity contribution in [3.05, 3.63) is 53.5 Å². The summed E-state index contributed by atoms with van der Waals surface area (Å²) >= 11 is 0. The minimum Gasteiger partial charge on any atom is -0.478 e. The van der Waals surface area contributed by atoms with Crippen molar-refractivity contribution in [1.82, 2.24) is 4.90 Å². The number of nitrogens with one attached hydrogen (secondary N) is 1. The van der Waals surface area contributed by atoms with Crippen LogP contribution in [0.25, 0.3) is 0 Å². The molecule has 1 fully saturated rings. The highest BCUT2D eigenvalue weighted by Crippen LogP contribution is 2.17. The zero-order valence-electron chi connectivity index (χ0n) is 15.0. The van der Waals surface area contributed by atoms with E-state index in [-0.39, 0.29) is 29.4 Å². The van der Waals surface area contributed by atoms with Gasteiger partial charge < -0.3 is 24.5 Å². The number of nitrogens with zero attached hydrogens (tertiary/aromatic N) is 1. The van der Waals surface area contributed by atoms with Crippen LogP contribution in [-0.2, 0) is 4.74 Å². The lowest BCUT2D eigenvalue weighted by Crippen LogP contribution is -2.48. The Morgan fingerprint density at radius 1 is 1.07 bits per heavy atom. The van der Waals surface area contributed by atoms with Crippen LogP contribution in [0, 0.1) is 0 Å². The summed E-state index contributed by atoms with van der Waals surface area (Å²) in [5.41, 5.74) is 0.879. The van der Waals surface area contributed by atoms with Crippen LogP contribution >= 0.6 is 0 Å². The van der Waals surface area contributed by atoms with Gasteiger partial charge in [0.25, 0.3) is 11.8 Å². The molecule has 0 bridgehead atoms. The first-order valence-electron chi connectivity index (χ1n) is 8.51. The van der Waals surface area contributed by atoms with Crippen LogP contribution in [-0.4, -0.2) is 53.1 Å². The monoisotopic (exact) mass is 372 g/mol. The van der Waals surface area contributed by atoms with Gasteiger partial charge in [0, 0.05) is 30.4 Å². The number of aromatic carboxylic acids is 1. The molecule has 0 saturated carbocycles. The number of amides is 2. The molecule has 27 heavy (non-hydrogen) atoms. The van der Waals surface area contributed by atoms with Crippen molar-refractivity contribution in [3.63, 3.8) is 0 Å². The second-order valence-electron chi connectivity index (χ2n) is 6.50. The Morgan fingerprint density at radius 3 is 2.26 bits per heavy atom. The van der Waals surface area contributed by atoms with Gasteiger partial charge in [0.1, 0.15) is 6.26 Å². The average molecular weight is 372 g/mol. The van der Waals surface area contributed by atoms with E-state index in [4.69, 9.17) is 14.3 Å². The molecule has 1 saturated heterocycles. The number of carbonyl (C=O) groups is 3. The highest BCUT2D eigenvalue weighted by atomic mass is 16.5. The SMILES string of the molecule is CC1CN(C(=O)c2ccc(NC(=O)c3cc(C(=O)O)co3)cc2)CC(C)O1. The van der Waals surface area contributed by atoms with Crippen LogP contribution in [0.2, 0.25) is 0 Å². The van der Waals surface area contributed by atoms with Crippen LogP contribution in [0.5, 0.6) is 0 Å². The molecule has 1 aromatic heterocycles. The molecule has 8 nitrogen and oxygen atoms in total. The Labute approximate surface area is 155 Å². The van der Waals surface area contributed by atoms with Crippen LogP contribution in [0.15, 0.2) is 41.0 Å². The zero-order chi connectivity index (χ0) is 19.6. The van der Waals surface area contributed by atoms with E-state index >= 15 is 0 Å². The summed E-state index contributed by atoms with van der Waals surface area (Å²) < 4.78 is 10.6. The topological polar surface area (TPSA) is 109 Å². The summed E-state index contributed by atoms with van der Waals surface area (Å²) in [4.78, 5) is 37.3. The third-order valence-electron chi connectivity index (χ3n) is 4.17. The van der Waals surface area contributed by atoms with Gasteiger partial charge in [0.05, 0.1) is 17.8 Å². The average Bonchev–Trinajstić information content (AvgIpc) is 3.11. The number of carboxylic acid groups (broad SMARTS) is 1. The van der Waals surface area contributed by atoms with Gasteiger partial charge in [-0.05, 0) is 38.1 Å². The Kier molecular flexibility index (Phi) is 5.27. The molecule has 2 unspecified atom stereocenters. The summed E-state index contributed by atoms with van der Waals surface area (Å²) in [7, 11) is 0. The number of benzene rings is 1. The lowest BCUT2D eigenvalue weighted by molar-refractivity contribution is -0.0586. The predicted octanol–water partition coefficient (Wildman–Crippen LogP) is 2.48. The van der Waals surface area contributed by atoms with Crippen LogP contribution < -0.4 is 5.32 Å². The van der Waals surface area contributed by atoms with Crippen molar-refractivity contribution in [3.8, 4) is 0 Å². The quantitative estimate of drug-likeness (QED) is 0.853. The predicted molar refractivity (Wildman–Crippen MR) is 96.0 cm³/mol. The molecule has 0 aliphatic carbocycles. The Hall–Kier alpha value is -3.13. The number of carboxylic acids is 1. The molecule has 0 spiro atoms. The minimum absolute atomic E-state index is 0.0137. The summed E-state index contributed by atoms with van der Waals surface area (Å²) in [6.07, 6.45) is 0.976. The fraction of sp³-hybridized carbons (Fsp3) is 0.316. The van der Waals surface area contributed by atoms with Crippen LogP contribution in [0.1, 0.15) is 45.1 Å². The molecule has 1 aliphatic heterocycles. The lowest BCUT2D eigenvalue weighted by atomic mass is 10.1. The number of ether oxygens (including phenoxy) is 1. The van der Waals surface area contributed by atoms with Gasteiger partial charge >= 0.3 is 5.97 Å². The van der Waals surface area contributed by atoms with E-state index in [1.165, 1.54) is 0 Å². The second-order valence-corrected chi connectivity index (χ2v) is 6.50. The van der Waals surface area contributed by atoms with Gasteiger partial charge in [-0.2, -0.15) is 0 Å². The molecular formula is C19H20N2O6. The number of anilines is 1. The van der Waals surface area contributed by atoms with Crippen molar-refractivity contribution in [2.45, 2.75) is 26.1 Å². The Bertz CT molecular complexity index is 847. The van der Waals surface area contributed by atoms with Gasteiger partial charge in [0.15, 0.2) is 5.76 Å². The number of hydrogen-bond acceptors (Lipinski definition) is 5. The molecule has 2 aromatic rings. The molecule has 2 heterocycles. The first-order chi connectivity index (χ1) is 12.8. The maximum absolute atomic E-state index is 12.6. The minimum atomic E-state index is -1.17. The first kappa shape index (κ1) is 18.7. The fourth-order valence-corrected chi connectivity index (χ4v) is 2.98. The number of morpholine rings is 1. The molecule has 0 radical (unpaired) electrons. The van der Waals surface area contributed by atoms with Gasteiger partial charge in [0.2, 0.25) is 0 Å². The van der Waals surface area contributed by atoms with E-state index < -0.39 is 11.9 Å². The summed E-state index contributed by atoms with van der Waals surface area (Å²) in [5.74, 6) is -1.94. The first-order valence-corrected chi connectivity index (χ1v) is 8.51. The number of carbonyl (C=O) groups excluding carboxylic acids is 2. The third kappa shape index (κ3) is 4.35. The van der Waals surface area contributed by atoms with E-state index in [2.05, 4.69) is 5.32 Å². The third-order valence-corrected chi connectivity index (χ3v) is 4.17. The molecule has 3 rings (SSSR count). The number of rotatable bonds is 4. The fourth-order valence-electron chi connectivity index (χ4n) is 2.98. The van der Waals surface area contributed by atoms with E-state index in [1.807, 2.05) is 13.8 Å². The maximum atomic E-state index is 12.6. The highest BCUT2D eigenvalue weighted by Gasteiger charge is 2.26.